The van der Waals surface area contributed by atoms with E-state index in [4.69, 9.17) is 5.11 Å². The lowest BCUT2D eigenvalue weighted by Gasteiger charge is -2.08. The smallest absolute Gasteiger partial charge is 0.313 e. The maximum Gasteiger partial charge on any atom is 0.313 e. The van der Waals surface area contributed by atoms with Crippen LogP contribution in [0.4, 0.5) is 0 Å². The van der Waals surface area contributed by atoms with Gasteiger partial charge in [0.2, 0.25) is 0 Å². The molecule has 0 saturated heterocycles. The number of carboxylic acid groups (broad SMARTS) is 1. The summed E-state index contributed by atoms with van der Waals surface area (Å²) < 4.78 is 2.02. The van der Waals surface area contributed by atoms with E-state index in [0.717, 1.165) is 18.8 Å². The van der Waals surface area contributed by atoms with E-state index in [-0.39, 0.29) is 5.75 Å². The first kappa shape index (κ1) is 15.6. The van der Waals surface area contributed by atoms with Gasteiger partial charge in [-0.1, -0.05) is 48.5 Å². The van der Waals surface area contributed by atoms with E-state index in [1.807, 2.05) is 4.57 Å². The molecule has 1 aromatic heterocycles. The van der Waals surface area contributed by atoms with Crippen LogP contribution in [0.5, 0.6) is 0 Å². The summed E-state index contributed by atoms with van der Waals surface area (Å²) in [6.07, 6.45) is 1.67. The van der Waals surface area contributed by atoms with Crippen LogP contribution in [0.15, 0.2) is 29.4 Å². The lowest BCUT2D eigenvalue weighted by molar-refractivity contribution is -0.133. The number of rotatable bonds is 7. The maximum atomic E-state index is 10.7. The van der Waals surface area contributed by atoms with E-state index >= 15 is 0 Å². The minimum absolute atomic E-state index is 0.00633. The first-order valence-electron chi connectivity index (χ1n) is 6.92. The summed E-state index contributed by atoms with van der Waals surface area (Å²) >= 11 is 1.22. The fourth-order valence-corrected chi connectivity index (χ4v) is 2.72. The monoisotopic (exact) mass is 305 g/mol. The van der Waals surface area contributed by atoms with Crippen molar-refractivity contribution >= 4 is 17.7 Å². The minimum Gasteiger partial charge on any atom is -0.481 e. The molecule has 0 saturated carbocycles. The Morgan fingerprint density at radius 2 is 2.00 bits per heavy atom. The van der Waals surface area contributed by atoms with Crippen molar-refractivity contribution in [3.05, 3.63) is 41.2 Å². The summed E-state index contributed by atoms with van der Waals surface area (Å²) in [5, 5.41) is 17.8. The predicted molar refractivity (Wildman–Crippen MR) is 82.7 cm³/mol. The van der Waals surface area contributed by atoms with Crippen LogP contribution in [0, 0.1) is 6.92 Å². The number of aromatic nitrogens is 3. The summed E-state index contributed by atoms with van der Waals surface area (Å²) in [5.41, 5.74) is 2.41. The van der Waals surface area contributed by atoms with Crippen LogP contribution in [0.2, 0.25) is 0 Å². The van der Waals surface area contributed by atoms with Crippen molar-refractivity contribution < 1.29 is 9.90 Å². The van der Waals surface area contributed by atoms with Gasteiger partial charge in [-0.05, 0) is 18.9 Å². The average molecular weight is 305 g/mol. The Kier molecular flexibility index (Phi) is 5.38. The summed E-state index contributed by atoms with van der Waals surface area (Å²) in [5.74, 6) is 0.0477. The highest BCUT2D eigenvalue weighted by Gasteiger charge is 2.13. The molecule has 0 aliphatic heterocycles. The second kappa shape index (κ2) is 7.26. The van der Waals surface area contributed by atoms with E-state index in [0.29, 0.717) is 11.6 Å². The molecule has 21 heavy (non-hydrogen) atoms. The van der Waals surface area contributed by atoms with Crippen LogP contribution >= 0.6 is 11.8 Å². The zero-order chi connectivity index (χ0) is 15.2. The molecular weight excluding hydrogens is 286 g/mol. The number of hydrogen-bond acceptors (Lipinski definition) is 4. The van der Waals surface area contributed by atoms with E-state index in [1.54, 1.807) is 0 Å². The summed E-state index contributed by atoms with van der Waals surface area (Å²) in [7, 11) is 0. The molecule has 0 bridgehead atoms. The molecule has 2 rings (SSSR count). The van der Waals surface area contributed by atoms with Gasteiger partial charge in [0.1, 0.15) is 5.82 Å². The molecule has 0 fully saturated rings. The van der Waals surface area contributed by atoms with Gasteiger partial charge in [-0.25, -0.2) is 0 Å². The van der Waals surface area contributed by atoms with Crippen molar-refractivity contribution in [2.75, 3.05) is 5.75 Å². The van der Waals surface area contributed by atoms with E-state index in [9.17, 15) is 4.79 Å². The molecule has 0 spiro atoms. The third kappa shape index (κ3) is 4.32. The molecule has 6 heteroatoms. The Hall–Kier alpha value is -1.82. The fraction of sp³-hybridized carbons (Fsp3) is 0.400. The summed E-state index contributed by atoms with van der Waals surface area (Å²) in [6.45, 7) is 4.95. The van der Waals surface area contributed by atoms with Crippen LogP contribution in [-0.4, -0.2) is 31.6 Å². The van der Waals surface area contributed by atoms with E-state index < -0.39 is 5.97 Å². The largest absolute Gasteiger partial charge is 0.481 e. The van der Waals surface area contributed by atoms with Gasteiger partial charge in [-0.3, -0.25) is 4.79 Å². The lowest BCUT2D eigenvalue weighted by atomic mass is 10.1. The highest BCUT2D eigenvalue weighted by molar-refractivity contribution is 7.99. The second-order valence-corrected chi connectivity index (χ2v) is 5.84. The quantitative estimate of drug-likeness (QED) is 0.797. The van der Waals surface area contributed by atoms with Crippen LogP contribution in [0.1, 0.15) is 30.3 Å². The molecule has 0 amide bonds. The fourth-order valence-electron chi connectivity index (χ4n) is 2.02. The summed E-state index contributed by atoms with van der Waals surface area (Å²) in [6, 6.07) is 8.33. The van der Waals surface area contributed by atoms with Crippen LogP contribution in [0.25, 0.3) is 0 Å². The van der Waals surface area contributed by atoms with Gasteiger partial charge >= 0.3 is 5.97 Å². The molecular formula is C15H19N3O2S. The molecule has 2 aromatic rings. The molecule has 0 aliphatic rings. The normalized spacial score (nSPS) is 10.8. The Balaban J connectivity index is 2.18. The highest BCUT2D eigenvalue weighted by atomic mass is 32.2. The van der Waals surface area contributed by atoms with E-state index in [2.05, 4.69) is 48.3 Å². The Labute approximate surface area is 128 Å². The van der Waals surface area contributed by atoms with Gasteiger partial charge in [0, 0.05) is 13.0 Å². The molecule has 1 heterocycles. The molecule has 0 radical (unpaired) electrons. The second-order valence-electron chi connectivity index (χ2n) is 4.90. The van der Waals surface area contributed by atoms with Gasteiger partial charge in [-0.2, -0.15) is 0 Å². The van der Waals surface area contributed by atoms with Gasteiger partial charge in [0.15, 0.2) is 5.16 Å². The topological polar surface area (TPSA) is 68.0 Å². The zero-order valence-electron chi connectivity index (χ0n) is 12.2. The number of hydrogen-bond donors (Lipinski definition) is 1. The Bertz CT molecular complexity index is 608. The number of benzene rings is 1. The minimum atomic E-state index is -0.842. The third-order valence-corrected chi connectivity index (χ3v) is 4.00. The van der Waals surface area contributed by atoms with Crippen molar-refractivity contribution in [3.8, 4) is 0 Å². The van der Waals surface area contributed by atoms with E-state index in [1.165, 1.54) is 22.9 Å². The van der Waals surface area contributed by atoms with Gasteiger partial charge in [0.25, 0.3) is 0 Å². The van der Waals surface area contributed by atoms with Crippen molar-refractivity contribution in [2.45, 2.75) is 38.4 Å². The maximum absolute atomic E-state index is 10.7. The number of carboxylic acids is 1. The molecule has 1 N–H and O–H groups in total. The molecule has 5 nitrogen and oxygen atoms in total. The first-order chi connectivity index (χ1) is 10.1. The van der Waals surface area contributed by atoms with Crippen molar-refractivity contribution in [1.29, 1.82) is 0 Å². The van der Waals surface area contributed by atoms with Gasteiger partial charge in [-0.15, -0.1) is 10.2 Å². The first-order valence-corrected chi connectivity index (χ1v) is 7.91. The zero-order valence-corrected chi connectivity index (χ0v) is 13.1. The lowest BCUT2D eigenvalue weighted by Crippen LogP contribution is -2.07. The average Bonchev–Trinajstić information content (AvgIpc) is 2.82. The molecule has 0 atom stereocenters. The van der Waals surface area contributed by atoms with Crippen LogP contribution in [0.3, 0.4) is 0 Å². The van der Waals surface area contributed by atoms with Gasteiger partial charge in [0.05, 0.1) is 5.75 Å². The molecule has 0 aliphatic carbocycles. The Morgan fingerprint density at radius 1 is 1.29 bits per heavy atom. The summed E-state index contributed by atoms with van der Waals surface area (Å²) in [4.78, 5) is 10.7. The number of aryl methyl sites for hydroxylation is 1. The van der Waals surface area contributed by atoms with Gasteiger partial charge < -0.3 is 9.67 Å². The standard InChI is InChI=1S/C15H19N3O2S/c1-3-8-18-13(9-12-6-4-11(2)5-7-12)16-17-15(18)21-10-14(19)20/h4-7H,3,8-10H2,1-2H3,(H,19,20). The number of aliphatic carboxylic acids is 1. The molecule has 0 unspecified atom stereocenters. The predicted octanol–water partition coefficient (Wildman–Crippen LogP) is 2.76. The number of nitrogens with zero attached hydrogens (tertiary/aromatic N) is 3. The molecule has 1 aromatic carbocycles. The SMILES string of the molecule is CCCn1c(Cc2ccc(C)cc2)nnc1SCC(=O)O. The highest BCUT2D eigenvalue weighted by Crippen LogP contribution is 2.19. The van der Waals surface area contributed by atoms with Crippen molar-refractivity contribution in [1.82, 2.24) is 14.8 Å². The van der Waals surface area contributed by atoms with Crippen LogP contribution in [-0.2, 0) is 17.8 Å². The third-order valence-electron chi connectivity index (χ3n) is 3.05. The molecule has 112 valence electrons. The number of carbonyl (C=O) groups is 1. The van der Waals surface area contributed by atoms with Crippen LogP contribution < -0.4 is 0 Å². The Morgan fingerprint density at radius 3 is 2.62 bits per heavy atom. The number of thioether (sulfide) groups is 1. The van der Waals surface area contributed by atoms with Crippen molar-refractivity contribution in [2.24, 2.45) is 0 Å². The van der Waals surface area contributed by atoms with Crippen molar-refractivity contribution in [3.63, 3.8) is 0 Å².